The quantitative estimate of drug-likeness (QED) is 0.510. The number of rotatable bonds is 4. The number of fused-ring (bicyclic) bond motifs is 3. The number of nitrogens with two attached hydrogens (primary N) is 2. The fraction of sp³-hybridized carbons (Fsp3) is 0.400. The van der Waals surface area contributed by atoms with Gasteiger partial charge in [0.25, 0.3) is 0 Å². The standard InChI is InChI=1S/C20H22F3N7O3/c21-20(22,23)10-26-18(27-11-24)14-8-29-3-6-33-16-7-12(1-2-13(16)19(29)28-14)30-4-5-32-9-15(30)17(25)31/h1-2,7-8,11,15H,3-6,9-10H2,(H2,25,31)(H2,24,26,27). The molecular weight excluding hydrogens is 443 g/mol. The number of morpholine rings is 1. The summed E-state index contributed by atoms with van der Waals surface area (Å²) in [5.41, 5.74) is 12.4. The second-order valence-electron chi connectivity index (χ2n) is 7.39. The minimum absolute atomic E-state index is 0.162. The lowest BCUT2D eigenvalue weighted by Crippen LogP contribution is -2.52. The third kappa shape index (κ3) is 4.92. The molecule has 33 heavy (non-hydrogen) atoms. The van der Waals surface area contributed by atoms with E-state index in [-0.39, 0.29) is 18.1 Å². The van der Waals surface area contributed by atoms with Crippen LogP contribution in [0.5, 0.6) is 5.75 Å². The number of hydrogen-bond acceptors (Lipinski definition) is 6. The van der Waals surface area contributed by atoms with Crippen molar-refractivity contribution in [3.63, 3.8) is 0 Å². The fourth-order valence-electron chi connectivity index (χ4n) is 3.73. The molecule has 2 aliphatic heterocycles. The highest BCUT2D eigenvalue weighted by atomic mass is 19.4. The van der Waals surface area contributed by atoms with Crippen LogP contribution in [0.3, 0.4) is 0 Å². The molecule has 13 heteroatoms. The fourth-order valence-corrected chi connectivity index (χ4v) is 3.73. The van der Waals surface area contributed by atoms with Crippen LogP contribution in [-0.2, 0) is 16.1 Å². The van der Waals surface area contributed by atoms with Crippen molar-refractivity contribution < 1.29 is 27.4 Å². The van der Waals surface area contributed by atoms with Gasteiger partial charge in [-0.2, -0.15) is 13.2 Å². The Morgan fingerprint density at radius 2 is 2.12 bits per heavy atom. The van der Waals surface area contributed by atoms with Crippen molar-refractivity contribution in [2.45, 2.75) is 18.8 Å². The van der Waals surface area contributed by atoms with E-state index in [0.717, 1.165) is 12.0 Å². The van der Waals surface area contributed by atoms with Gasteiger partial charge in [-0.3, -0.25) is 9.79 Å². The number of aliphatic imine (C=N–C) groups is 2. The van der Waals surface area contributed by atoms with E-state index in [1.54, 1.807) is 22.9 Å². The van der Waals surface area contributed by atoms with Gasteiger partial charge >= 0.3 is 6.18 Å². The first-order valence-electron chi connectivity index (χ1n) is 10.1. The Hall–Kier alpha value is -3.61. The van der Waals surface area contributed by atoms with Crippen LogP contribution < -0.4 is 21.1 Å². The lowest BCUT2D eigenvalue weighted by Gasteiger charge is -2.35. The molecule has 4 N–H and O–H groups in total. The Morgan fingerprint density at radius 1 is 1.30 bits per heavy atom. The zero-order valence-corrected chi connectivity index (χ0v) is 17.5. The predicted molar refractivity (Wildman–Crippen MR) is 114 cm³/mol. The van der Waals surface area contributed by atoms with E-state index in [9.17, 15) is 18.0 Å². The van der Waals surface area contributed by atoms with Gasteiger partial charge in [0.15, 0.2) is 5.84 Å². The number of amidine groups is 1. The Morgan fingerprint density at radius 3 is 2.85 bits per heavy atom. The highest BCUT2D eigenvalue weighted by Gasteiger charge is 2.30. The summed E-state index contributed by atoms with van der Waals surface area (Å²) in [5, 5.41) is 0. The van der Waals surface area contributed by atoms with Gasteiger partial charge in [0.05, 0.1) is 31.7 Å². The van der Waals surface area contributed by atoms with Gasteiger partial charge in [-0.05, 0) is 12.1 Å². The van der Waals surface area contributed by atoms with Gasteiger partial charge in [-0.15, -0.1) is 0 Å². The van der Waals surface area contributed by atoms with Gasteiger partial charge in [0, 0.05) is 24.5 Å². The first-order chi connectivity index (χ1) is 15.8. The van der Waals surface area contributed by atoms with E-state index >= 15 is 0 Å². The van der Waals surface area contributed by atoms with Crippen molar-refractivity contribution in [3.05, 3.63) is 30.1 Å². The van der Waals surface area contributed by atoms with Crippen LogP contribution in [0, 0.1) is 0 Å². The Balaban J connectivity index is 1.69. The zero-order chi connectivity index (χ0) is 23.6. The van der Waals surface area contributed by atoms with Gasteiger partial charge in [0.2, 0.25) is 5.91 Å². The second-order valence-corrected chi connectivity index (χ2v) is 7.39. The number of carbonyl (C=O) groups excluding carboxylic acids is 1. The number of ether oxygens (including phenoxy) is 2. The summed E-state index contributed by atoms with van der Waals surface area (Å²) in [5.74, 6) is 0.308. The van der Waals surface area contributed by atoms with E-state index in [2.05, 4.69) is 15.0 Å². The number of alkyl halides is 3. The number of imidazole rings is 1. The SMILES string of the molecule is NC=NC(=NCC(F)(F)F)c1cn2c(n1)-c1ccc(N3CCOCC3C(N)=O)cc1OCC2. The van der Waals surface area contributed by atoms with Crippen LogP contribution in [0.15, 0.2) is 34.4 Å². The molecule has 1 aromatic carbocycles. The summed E-state index contributed by atoms with van der Waals surface area (Å²) in [7, 11) is 0. The summed E-state index contributed by atoms with van der Waals surface area (Å²) >= 11 is 0. The van der Waals surface area contributed by atoms with E-state index in [1.165, 1.54) is 0 Å². The Kier molecular flexibility index (Phi) is 6.22. The molecule has 1 unspecified atom stereocenters. The third-order valence-electron chi connectivity index (χ3n) is 5.19. The van der Waals surface area contributed by atoms with Gasteiger partial charge in [0.1, 0.15) is 36.5 Å². The minimum Gasteiger partial charge on any atom is -0.491 e. The van der Waals surface area contributed by atoms with Crippen LogP contribution in [0.4, 0.5) is 18.9 Å². The van der Waals surface area contributed by atoms with E-state index in [4.69, 9.17) is 20.9 Å². The maximum absolute atomic E-state index is 12.6. The second kappa shape index (κ2) is 9.10. The first-order valence-corrected chi connectivity index (χ1v) is 10.1. The molecule has 2 aromatic rings. The van der Waals surface area contributed by atoms with Crippen molar-refractivity contribution in [3.8, 4) is 17.1 Å². The molecular formula is C20H22F3N7O3. The number of hydrogen-bond donors (Lipinski definition) is 2. The molecule has 1 saturated heterocycles. The Labute approximate surface area is 186 Å². The van der Waals surface area contributed by atoms with E-state index in [0.29, 0.717) is 43.4 Å². The van der Waals surface area contributed by atoms with Gasteiger partial charge in [-0.1, -0.05) is 0 Å². The van der Waals surface area contributed by atoms with Gasteiger partial charge in [-0.25, -0.2) is 9.98 Å². The smallest absolute Gasteiger partial charge is 0.408 e. The molecule has 1 fully saturated rings. The summed E-state index contributed by atoms with van der Waals surface area (Å²) < 4.78 is 51.0. The maximum Gasteiger partial charge on any atom is 0.408 e. The first kappa shape index (κ1) is 22.6. The summed E-state index contributed by atoms with van der Waals surface area (Å²) in [4.78, 5) is 25.4. The summed E-state index contributed by atoms with van der Waals surface area (Å²) in [6.07, 6.45) is -2.04. The molecule has 176 valence electrons. The average Bonchev–Trinajstić information content (AvgIpc) is 3.12. The highest BCUT2D eigenvalue weighted by Crippen LogP contribution is 2.36. The van der Waals surface area contributed by atoms with Crippen LogP contribution in [0.1, 0.15) is 5.69 Å². The van der Waals surface area contributed by atoms with Crippen molar-refractivity contribution in [2.24, 2.45) is 21.5 Å². The van der Waals surface area contributed by atoms with Crippen LogP contribution in [0.25, 0.3) is 11.4 Å². The number of benzene rings is 1. The van der Waals surface area contributed by atoms with Crippen molar-refractivity contribution >= 4 is 23.8 Å². The molecule has 0 radical (unpaired) electrons. The number of anilines is 1. The topological polar surface area (TPSA) is 133 Å². The normalized spacial score (nSPS) is 19.1. The van der Waals surface area contributed by atoms with Crippen molar-refractivity contribution in [2.75, 3.05) is 37.8 Å². The monoisotopic (exact) mass is 465 g/mol. The number of nitrogens with zero attached hydrogens (tertiary/aromatic N) is 5. The zero-order valence-electron chi connectivity index (χ0n) is 17.5. The molecule has 4 rings (SSSR count). The maximum atomic E-state index is 12.6. The highest BCUT2D eigenvalue weighted by molar-refractivity contribution is 6.01. The Bertz CT molecular complexity index is 1100. The van der Waals surface area contributed by atoms with Crippen LogP contribution >= 0.6 is 0 Å². The average molecular weight is 465 g/mol. The molecule has 0 bridgehead atoms. The molecule has 1 aromatic heterocycles. The number of carbonyl (C=O) groups is 1. The number of primary amides is 1. The minimum atomic E-state index is -4.48. The van der Waals surface area contributed by atoms with Crippen LogP contribution in [0.2, 0.25) is 0 Å². The summed E-state index contributed by atoms with van der Waals surface area (Å²) in [6, 6.07) is 4.78. The van der Waals surface area contributed by atoms with Crippen molar-refractivity contribution in [1.29, 1.82) is 0 Å². The molecule has 0 saturated carbocycles. The third-order valence-corrected chi connectivity index (χ3v) is 5.19. The lowest BCUT2D eigenvalue weighted by atomic mass is 10.1. The molecule has 3 heterocycles. The van der Waals surface area contributed by atoms with E-state index in [1.807, 2.05) is 11.0 Å². The summed E-state index contributed by atoms with van der Waals surface area (Å²) in [6.45, 7) is 0.455. The largest absolute Gasteiger partial charge is 0.491 e. The number of halogens is 3. The number of amides is 1. The molecule has 1 atom stereocenters. The van der Waals surface area contributed by atoms with Gasteiger partial charge < -0.3 is 30.4 Å². The predicted octanol–water partition coefficient (Wildman–Crippen LogP) is 0.929. The lowest BCUT2D eigenvalue weighted by molar-refractivity contribution is -0.121. The molecule has 2 aliphatic rings. The molecule has 10 nitrogen and oxygen atoms in total. The van der Waals surface area contributed by atoms with Crippen molar-refractivity contribution in [1.82, 2.24) is 9.55 Å². The van der Waals surface area contributed by atoms with Crippen LogP contribution in [-0.4, -0.2) is 72.8 Å². The number of aromatic nitrogens is 2. The molecule has 0 spiro atoms. The molecule has 1 amide bonds. The molecule has 0 aliphatic carbocycles. The van der Waals surface area contributed by atoms with E-state index < -0.39 is 24.7 Å².